The summed E-state index contributed by atoms with van der Waals surface area (Å²) in [6, 6.07) is 16.1. The van der Waals surface area contributed by atoms with Crippen LogP contribution in [0.15, 0.2) is 42.5 Å². The Morgan fingerprint density at radius 3 is 2.76 bits per heavy atom. The van der Waals surface area contributed by atoms with Crippen molar-refractivity contribution < 1.29 is 4.79 Å². The number of anilines is 1. The lowest BCUT2D eigenvalue weighted by Gasteiger charge is -2.12. The van der Waals surface area contributed by atoms with Gasteiger partial charge in [-0.25, -0.2) is 0 Å². The molecule has 2 aromatic rings. The van der Waals surface area contributed by atoms with E-state index in [1.54, 1.807) is 0 Å². The van der Waals surface area contributed by atoms with Crippen molar-refractivity contribution in [1.29, 1.82) is 5.26 Å². The van der Waals surface area contributed by atoms with E-state index in [1.165, 1.54) is 0 Å². The molecule has 3 rings (SSSR count). The number of carbonyl (C=O) groups excluding carboxylic acids is 1. The van der Waals surface area contributed by atoms with E-state index in [0.717, 1.165) is 22.4 Å². The van der Waals surface area contributed by atoms with Crippen LogP contribution in [-0.2, 0) is 6.54 Å². The van der Waals surface area contributed by atoms with Crippen LogP contribution < -0.4 is 10.6 Å². The van der Waals surface area contributed by atoms with Crippen molar-refractivity contribution in [1.82, 2.24) is 5.32 Å². The first-order valence-corrected chi connectivity index (χ1v) is 6.91. The zero-order chi connectivity index (χ0) is 14.7. The topological polar surface area (TPSA) is 64.9 Å². The predicted octanol–water partition coefficient (Wildman–Crippen LogP) is 2.92. The van der Waals surface area contributed by atoms with Gasteiger partial charge in [0.15, 0.2) is 0 Å². The number of amides is 1. The molecule has 2 N–H and O–H groups in total. The molecule has 0 unspecified atom stereocenters. The van der Waals surface area contributed by atoms with E-state index in [9.17, 15) is 4.79 Å². The number of fused-ring (bicyclic) bond motifs is 1. The lowest BCUT2D eigenvalue weighted by molar-refractivity contribution is 0.0966. The third-order valence-corrected chi connectivity index (χ3v) is 3.60. The maximum absolute atomic E-state index is 12.1. The molecule has 2 aromatic carbocycles. The monoisotopic (exact) mass is 277 g/mol. The molecule has 0 saturated carbocycles. The van der Waals surface area contributed by atoms with Crippen LogP contribution >= 0.6 is 0 Å². The number of hydrogen-bond donors (Lipinski definition) is 2. The van der Waals surface area contributed by atoms with Crippen molar-refractivity contribution in [2.24, 2.45) is 0 Å². The highest BCUT2D eigenvalue weighted by Gasteiger charge is 2.25. The summed E-state index contributed by atoms with van der Waals surface area (Å²) in [5.41, 5.74) is 4.71. The SMILES string of the molecule is N#CCCNc1ccc(-c2ccccc2)c2c1C(=O)NC2. The third kappa shape index (κ3) is 2.46. The van der Waals surface area contributed by atoms with Crippen LogP contribution in [0.2, 0.25) is 0 Å². The Morgan fingerprint density at radius 1 is 1.19 bits per heavy atom. The van der Waals surface area contributed by atoms with Gasteiger partial charge in [0.2, 0.25) is 0 Å². The fraction of sp³-hybridized carbons (Fsp3) is 0.176. The minimum absolute atomic E-state index is 0.0535. The quantitative estimate of drug-likeness (QED) is 0.844. The summed E-state index contributed by atoms with van der Waals surface area (Å²) in [7, 11) is 0. The van der Waals surface area contributed by atoms with E-state index in [-0.39, 0.29) is 5.91 Å². The van der Waals surface area contributed by atoms with E-state index in [0.29, 0.717) is 25.1 Å². The molecule has 0 aromatic heterocycles. The number of hydrogen-bond acceptors (Lipinski definition) is 3. The first kappa shape index (κ1) is 13.2. The number of rotatable bonds is 4. The van der Waals surface area contributed by atoms with Gasteiger partial charge in [0.1, 0.15) is 0 Å². The van der Waals surface area contributed by atoms with E-state index in [2.05, 4.69) is 16.7 Å². The Kier molecular flexibility index (Phi) is 3.57. The molecule has 4 nitrogen and oxygen atoms in total. The van der Waals surface area contributed by atoms with Crippen LogP contribution in [0.4, 0.5) is 5.69 Å². The van der Waals surface area contributed by atoms with E-state index in [4.69, 9.17) is 5.26 Å². The van der Waals surface area contributed by atoms with Crippen LogP contribution in [0, 0.1) is 11.3 Å². The second-order valence-corrected chi connectivity index (χ2v) is 4.90. The van der Waals surface area contributed by atoms with Gasteiger partial charge >= 0.3 is 0 Å². The molecular weight excluding hydrogens is 262 g/mol. The summed E-state index contributed by atoms with van der Waals surface area (Å²) in [5.74, 6) is -0.0535. The number of benzene rings is 2. The number of nitrogens with zero attached hydrogens (tertiary/aromatic N) is 1. The number of nitriles is 1. The van der Waals surface area contributed by atoms with Crippen molar-refractivity contribution in [3.63, 3.8) is 0 Å². The molecule has 0 atom stereocenters. The Bertz CT molecular complexity index is 717. The van der Waals surface area contributed by atoms with Crippen molar-refractivity contribution in [3.05, 3.63) is 53.6 Å². The van der Waals surface area contributed by atoms with Crippen molar-refractivity contribution >= 4 is 11.6 Å². The normalized spacial score (nSPS) is 12.4. The van der Waals surface area contributed by atoms with E-state index >= 15 is 0 Å². The smallest absolute Gasteiger partial charge is 0.254 e. The van der Waals surface area contributed by atoms with Crippen LogP contribution in [-0.4, -0.2) is 12.5 Å². The Balaban J connectivity index is 2.03. The highest BCUT2D eigenvalue weighted by molar-refractivity contribution is 6.05. The summed E-state index contributed by atoms with van der Waals surface area (Å²) in [6.07, 6.45) is 0.414. The summed E-state index contributed by atoms with van der Waals surface area (Å²) in [4.78, 5) is 12.1. The van der Waals surface area contributed by atoms with E-state index in [1.807, 2.05) is 42.5 Å². The Morgan fingerprint density at radius 2 is 2.00 bits per heavy atom. The second kappa shape index (κ2) is 5.68. The first-order chi connectivity index (χ1) is 10.3. The van der Waals surface area contributed by atoms with Gasteiger partial charge in [-0.15, -0.1) is 0 Å². The number of carbonyl (C=O) groups is 1. The summed E-state index contributed by atoms with van der Waals surface area (Å²) < 4.78 is 0. The van der Waals surface area contributed by atoms with Crippen LogP contribution in [0.1, 0.15) is 22.3 Å². The van der Waals surface area contributed by atoms with Gasteiger partial charge in [0.05, 0.1) is 18.1 Å². The maximum atomic E-state index is 12.1. The first-order valence-electron chi connectivity index (χ1n) is 6.91. The number of nitrogens with one attached hydrogen (secondary N) is 2. The van der Waals surface area contributed by atoms with Crippen LogP contribution in [0.25, 0.3) is 11.1 Å². The molecule has 0 bridgehead atoms. The molecule has 21 heavy (non-hydrogen) atoms. The molecule has 0 radical (unpaired) electrons. The zero-order valence-corrected chi connectivity index (χ0v) is 11.5. The van der Waals surface area contributed by atoms with Gasteiger partial charge in [0.25, 0.3) is 5.91 Å². The van der Waals surface area contributed by atoms with Crippen molar-refractivity contribution in [3.8, 4) is 17.2 Å². The largest absolute Gasteiger partial charge is 0.383 e. The van der Waals surface area contributed by atoms with Crippen LogP contribution in [0.3, 0.4) is 0 Å². The molecule has 0 saturated heterocycles. The molecule has 1 amide bonds. The molecule has 0 fully saturated rings. The zero-order valence-electron chi connectivity index (χ0n) is 11.5. The molecule has 104 valence electrons. The summed E-state index contributed by atoms with van der Waals surface area (Å²) >= 11 is 0. The average molecular weight is 277 g/mol. The highest BCUT2D eigenvalue weighted by Crippen LogP contribution is 2.33. The molecule has 4 heteroatoms. The summed E-state index contributed by atoms with van der Waals surface area (Å²) in [5, 5.41) is 14.7. The van der Waals surface area contributed by atoms with Gasteiger partial charge in [-0.2, -0.15) is 5.26 Å². The van der Waals surface area contributed by atoms with Gasteiger partial charge in [-0.05, 0) is 22.8 Å². The minimum atomic E-state index is -0.0535. The standard InChI is InChI=1S/C17H15N3O/c18-9-4-10-19-15-8-7-13(12-5-2-1-3-6-12)14-11-20-17(21)16(14)15/h1-3,5-8,19H,4,10-11H2,(H,20,21). The molecular formula is C17H15N3O. The molecule has 1 aliphatic rings. The molecule has 0 spiro atoms. The Hall–Kier alpha value is -2.80. The maximum Gasteiger partial charge on any atom is 0.254 e. The fourth-order valence-electron chi connectivity index (χ4n) is 2.64. The molecule has 0 aliphatic carbocycles. The highest BCUT2D eigenvalue weighted by atomic mass is 16.1. The van der Waals surface area contributed by atoms with Gasteiger partial charge in [0, 0.05) is 18.8 Å². The Labute approximate surface area is 123 Å². The lowest BCUT2D eigenvalue weighted by atomic mass is 9.95. The van der Waals surface area contributed by atoms with Crippen molar-refractivity contribution in [2.45, 2.75) is 13.0 Å². The van der Waals surface area contributed by atoms with Gasteiger partial charge in [-0.1, -0.05) is 36.4 Å². The predicted molar refractivity (Wildman–Crippen MR) is 81.8 cm³/mol. The minimum Gasteiger partial charge on any atom is -0.383 e. The average Bonchev–Trinajstić information content (AvgIpc) is 2.91. The second-order valence-electron chi connectivity index (χ2n) is 4.90. The van der Waals surface area contributed by atoms with Crippen molar-refractivity contribution in [2.75, 3.05) is 11.9 Å². The third-order valence-electron chi connectivity index (χ3n) is 3.60. The molecule has 1 heterocycles. The van der Waals surface area contributed by atoms with E-state index < -0.39 is 0 Å². The summed E-state index contributed by atoms with van der Waals surface area (Å²) in [6.45, 7) is 1.09. The van der Waals surface area contributed by atoms with Gasteiger partial charge in [-0.3, -0.25) is 4.79 Å². The fourth-order valence-corrected chi connectivity index (χ4v) is 2.64. The lowest BCUT2D eigenvalue weighted by Crippen LogP contribution is -2.14. The van der Waals surface area contributed by atoms with Gasteiger partial charge < -0.3 is 10.6 Å². The molecule has 1 aliphatic heterocycles. The van der Waals surface area contributed by atoms with Crippen LogP contribution in [0.5, 0.6) is 0 Å².